The number of aromatic nitrogens is 1. The average Bonchev–Trinajstić information content (AvgIpc) is 2.53. The van der Waals surface area contributed by atoms with Crippen molar-refractivity contribution in [1.82, 2.24) is 4.57 Å². The van der Waals surface area contributed by atoms with Crippen LogP contribution in [0.4, 0.5) is 0 Å². The SMILES string of the molecule is CCCc1ccc2oc(=O)n(CC)c2c1. The van der Waals surface area contributed by atoms with Gasteiger partial charge in [0.1, 0.15) is 0 Å². The molecule has 0 radical (unpaired) electrons. The molecule has 0 amide bonds. The molecule has 0 bridgehead atoms. The number of oxazole rings is 1. The molecular weight excluding hydrogens is 190 g/mol. The maximum absolute atomic E-state index is 11.4. The highest BCUT2D eigenvalue weighted by atomic mass is 16.4. The van der Waals surface area contributed by atoms with Crippen molar-refractivity contribution in [3.05, 3.63) is 34.3 Å². The van der Waals surface area contributed by atoms with E-state index >= 15 is 0 Å². The number of hydrogen-bond donors (Lipinski definition) is 0. The summed E-state index contributed by atoms with van der Waals surface area (Å²) in [6, 6.07) is 5.95. The number of nitrogens with zero attached hydrogens (tertiary/aromatic N) is 1. The Morgan fingerprint density at radius 1 is 1.33 bits per heavy atom. The van der Waals surface area contributed by atoms with Gasteiger partial charge in [-0.25, -0.2) is 4.79 Å². The van der Waals surface area contributed by atoms with E-state index in [0.717, 1.165) is 18.4 Å². The Kier molecular flexibility index (Phi) is 2.62. The molecule has 0 aliphatic heterocycles. The molecule has 0 saturated heterocycles. The predicted octanol–water partition coefficient (Wildman–Crippen LogP) is 2.57. The van der Waals surface area contributed by atoms with E-state index in [2.05, 4.69) is 6.92 Å². The largest absolute Gasteiger partial charge is 0.419 e. The van der Waals surface area contributed by atoms with Gasteiger partial charge in [-0.3, -0.25) is 4.57 Å². The first-order valence-corrected chi connectivity index (χ1v) is 5.38. The van der Waals surface area contributed by atoms with Gasteiger partial charge in [0.25, 0.3) is 0 Å². The Morgan fingerprint density at radius 3 is 2.80 bits per heavy atom. The van der Waals surface area contributed by atoms with Crippen molar-refractivity contribution < 1.29 is 4.42 Å². The molecule has 80 valence electrons. The zero-order valence-corrected chi connectivity index (χ0v) is 9.12. The van der Waals surface area contributed by atoms with Crippen LogP contribution in [0.3, 0.4) is 0 Å². The number of rotatable bonds is 3. The summed E-state index contributed by atoms with van der Waals surface area (Å²) >= 11 is 0. The second-order valence-corrected chi connectivity index (χ2v) is 3.66. The topological polar surface area (TPSA) is 35.1 Å². The molecule has 15 heavy (non-hydrogen) atoms. The molecule has 0 unspecified atom stereocenters. The smallest absolute Gasteiger partial charge is 0.408 e. The summed E-state index contributed by atoms with van der Waals surface area (Å²) < 4.78 is 6.79. The quantitative estimate of drug-likeness (QED) is 0.771. The lowest BCUT2D eigenvalue weighted by atomic mass is 10.1. The minimum absolute atomic E-state index is 0.263. The van der Waals surface area contributed by atoms with E-state index in [0.29, 0.717) is 12.1 Å². The summed E-state index contributed by atoms with van der Waals surface area (Å²) in [6.45, 7) is 4.75. The Hall–Kier alpha value is -1.51. The van der Waals surface area contributed by atoms with E-state index in [1.807, 2.05) is 25.1 Å². The first kappa shape index (κ1) is 10.0. The normalized spacial score (nSPS) is 11.1. The maximum Gasteiger partial charge on any atom is 0.419 e. The third-order valence-electron chi connectivity index (χ3n) is 2.59. The van der Waals surface area contributed by atoms with Gasteiger partial charge in [-0.2, -0.15) is 0 Å². The Morgan fingerprint density at radius 2 is 2.13 bits per heavy atom. The van der Waals surface area contributed by atoms with Crippen LogP contribution in [-0.4, -0.2) is 4.57 Å². The minimum atomic E-state index is -0.263. The lowest BCUT2D eigenvalue weighted by molar-refractivity contribution is 0.513. The van der Waals surface area contributed by atoms with Gasteiger partial charge >= 0.3 is 5.76 Å². The van der Waals surface area contributed by atoms with Crippen LogP contribution in [0.1, 0.15) is 25.8 Å². The molecule has 1 aromatic heterocycles. The van der Waals surface area contributed by atoms with Gasteiger partial charge in [0.05, 0.1) is 5.52 Å². The molecule has 0 saturated carbocycles. The zero-order valence-electron chi connectivity index (χ0n) is 9.12. The fraction of sp³-hybridized carbons (Fsp3) is 0.417. The molecule has 1 heterocycles. The zero-order chi connectivity index (χ0) is 10.8. The van der Waals surface area contributed by atoms with Crippen molar-refractivity contribution >= 4 is 11.1 Å². The van der Waals surface area contributed by atoms with Gasteiger partial charge in [0.2, 0.25) is 0 Å². The fourth-order valence-electron chi connectivity index (χ4n) is 1.85. The minimum Gasteiger partial charge on any atom is -0.408 e. The Bertz CT molecular complexity index is 522. The number of benzene rings is 1. The van der Waals surface area contributed by atoms with Gasteiger partial charge < -0.3 is 4.42 Å². The van der Waals surface area contributed by atoms with E-state index in [1.54, 1.807) is 4.57 Å². The monoisotopic (exact) mass is 205 g/mol. The van der Waals surface area contributed by atoms with Crippen LogP contribution in [0.15, 0.2) is 27.4 Å². The lowest BCUT2D eigenvalue weighted by Crippen LogP contribution is -2.12. The Labute approximate surface area is 88.3 Å². The second kappa shape index (κ2) is 3.93. The van der Waals surface area contributed by atoms with Crippen LogP contribution < -0.4 is 5.76 Å². The number of fused-ring (bicyclic) bond motifs is 1. The van der Waals surface area contributed by atoms with Crippen LogP contribution in [0.25, 0.3) is 11.1 Å². The van der Waals surface area contributed by atoms with E-state index in [4.69, 9.17) is 4.42 Å². The van der Waals surface area contributed by atoms with Crippen molar-refractivity contribution in [2.75, 3.05) is 0 Å². The first-order valence-electron chi connectivity index (χ1n) is 5.38. The molecule has 0 spiro atoms. The highest BCUT2D eigenvalue weighted by molar-refractivity contribution is 5.73. The standard InChI is InChI=1S/C12H15NO2/c1-3-5-9-6-7-11-10(8-9)13(4-2)12(14)15-11/h6-8H,3-5H2,1-2H3. The van der Waals surface area contributed by atoms with E-state index in [-0.39, 0.29) is 5.76 Å². The molecule has 0 fully saturated rings. The lowest BCUT2D eigenvalue weighted by Gasteiger charge is -1.99. The van der Waals surface area contributed by atoms with Crippen molar-refractivity contribution in [3.63, 3.8) is 0 Å². The molecule has 3 heteroatoms. The number of hydrogen-bond acceptors (Lipinski definition) is 2. The van der Waals surface area contributed by atoms with Crippen LogP contribution in [0.2, 0.25) is 0 Å². The van der Waals surface area contributed by atoms with Crippen molar-refractivity contribution in [2.45, 2.75) is 33.2 Å². The summed E-state index contributed by atoms with van der Waals surface area (Å²) in [5, 5.41) is 0. The van der Waals surface area contributed by atoms with Gasteiger partial charge in [-0.15, -0.1) is 0 Å². The summed E-state index contributed by atoms with van der Waals surface area (Å²) in [7, 11) is 0. The van der Waals surface area contributed by atoms with E-state index < -0.39 is 0 Å². The third-order valence-corrected chi connectivity index (χ3v) is 2.59. The molecule has 0 N–H and O–H groups in total. The van der Waals surface area contributed by atoms with Crippen molar-refractivity contribution in [1.29, 1.82) is 0 Å². The molecular formula is C12H15NO2. The summed E-state index contributed by atoms with van der Waals surface area (Å²) in [5.41, 5.74) is 2.85. The maximum atomic E-state index is 11.4. The molecule has 2 aromatic rings. The van der Waals surface area contributed by atoms with Crippen LogP contribution >= 0.6 is 0 Å². The molecule has 0 atom stereocenters. The van der Waals surface area contributed by atoms with E-state index in [9.17, 15) is 4.79 Å². The third kappa shape index (κ3) is 1.69. The summed E-state index contributed by atoms with van der Waals surface area (Å²) in [6.07, 6.45) is 2.15. The van der Waals surface area contributed by atoms with Gasteiger partial charge in [0, 0.05) is 6.54 Å². The molecule has 3 nitrogen and oxygen atoms in total. The highest BCUT2D eigenvalue weighted by Crippen LogP contribution is 2.16. The summed E-state index contributed by atoms with van der Waals surface area (Å²) in [5.74, 6) is -0.263. The van der Waals surface area contributed by atoms with Crippen molar-refractivity contribution in [3.8, 4) is 0 Å². The molecule has 0 aliphatic carbocycles. The molecule has 1 aromatic carbocycles. The number of aryl methyl sites for hydroxylation is 2. The van der Waals surface area contributed by atoms with E-state index in [1.165, 1.54) is 5.56 Å². The van der Waals surface area contributed by atoms with Gasteiger partial charge in [0.15, 0.2) is 5.58 Å². The Balaban J connectivity index is 2.62. The average molecular weight is 205 g/mol. The van der Waals surface area contributed by atoms with Crippen LogP contribution in [0.5, 0.6) is 0 Å². The van der Waals surface area contributed by atoms with Crippen molar-refractivity contribution in [2.24, 2.45) is 0 Å². The second-order valence-electron chi connectivity index (χ2n) is 3.66. The van der Waals surface area contributed by atoms with Crippen LogP contribution in [-0.2, 0) is 13.0 Å². The van der Waals surface area contributed by atoms with Gasteiger partial charge in [-0.05, 0) is 31.0 Å². The van der Waals surface area contributed by atoms with Crippen LogP contribution in [0, 0.1) is 0 Å². The van der Waals surface area contributed by atoms with Gasteiger partial charge in [-0.1, -0.05) is 19.4 Å². The molecule has 0 aliphatic rings. The molecule has 2 rings (SSSR count). The predicted molar refractivity (Wildman–Crippen MR) is 60.1 cm³/mol. The summed E-state index contributed by atoms with van der Waals surface area (Å²) in [4.78, 5) is 11.4. The highest BCUT2D eigenvalue weighted by Gasteiger charge is 2.07. The fourth-order valence-corrected chi connectivity index (χ4v) is 1.85. The first-order chi connectivity index (χ1) is 7.26.